The van der Waals surface area contributed by atoms with Crippen LogP contribution in [0.1, 0.15) is 39.0 Å². The van der Waals surface area contributed by atoms with E-state index in [-0.39, 0.29) is 25.8 Å². The Bertz CT molecular complexity index is 407. The molecule has 9 nitrogen and oxygen atoms in total. The SMILES string of the molecule is CCC(O)(N(C)C)C(N)(CNCCN)OC(=O)CCCCC(=O)O. The molecule has 142 valence electrons. The van der Waals surface area contributed by atoms with Crippen molar-refractivity contribution in [1.29, 1.82) is 0 Å². The Kier molecular flexibility index (Phi) is 10.0. The van der Waals surface area contributed by atoms with Crippen LogP contribution in [0, 0.1) is 0 Å². The Balaban J connectivity index is 4.93. The standard InChI is InChI=1S/C15H32N4O5/c1-4-15(23,19(2)3)14(17,11-18-10-9-16)24-13(22)8-6-5-7-12(20)21/h18,23H,4-11,16-17H2,1-3H3,(H,20,21). The molecule has 0 aromatic heterocycles. The second-order valence-electron chi connectivity index (χ2n) is 5.99. The number of carbonyl (C=O) groups is 2. The number of carboxylic acids is 1. The highest BCUT2D eigenvalue weighted by atomic mass is 16.6. The van der Waals surface area contributed by atoms with E-state index in [9.17, 15) is 14.7 Å². The summed E-state index contributed by atoms with van der Waals surface area (Å²) in [5.41, 5.74) is 8.46. The highest BCUT2D eigenvalue weighted by Gasteiger charge is 2.51. The van der Waals surface area contributed by atoms with E-state index in [1.54, 1.807) is 21.0 Å². The number of carbonyl (C=O) groups excluding carboxylic acids is 1. The number of ether oxygens (including phenoxy) is 1. The predicted molar refractivity (Wildman–Crippen MR) is 90.0 cm³/mol. The molecule has 0 saturated heterocycles. The molecule has 0 aromatic rings. The lowest BCUT2D eigenvalue weighted by molar-refractivity contribution is -0.236. The summed E-state index contributed by atoms with van der Waals surface area (Å²) >= 11 is 0. The van der Waals surface area contributed by atoms with Crippen molar-refractivity contribution in [1.82, 2.24) is 10.2 Å². The Hall–Kier alpha value is -1.26. The van der Waals surface area contributed by atoms with Gasteiger partial charge in [0.15, 0.2) is 5.72 Å². The van der Waals surface area contributed by atoms with Gasteiger partial charge in [0.1, 0.15) is 0 Å². The first-order valence-electron chi connectivity index (χ1n) is 8.16. The molecular formula is C15H32N4O5. The second kappa shape index (κ2) is 10.6. The fourth-order valence-corrected chi connectivity index (χ4v) is 2.43. The summed E-state index contributed by atoms with van der Waals surface area (Å²) in [6.07, 6.45) is 1.03. The van der Waals surface area contributed by atoms with Gasteiger partial charge in [0.25, 0.3) is 0 Å². The lowest BCUT2D eigenvalue weighted by atomic mass is 9.95. The monoisotopic (exact) mass is 348 g/mol. The molecule has 7 N–H and O–H groups in total. The van der Waals surface area contributed by atoms with Crippen molar-refractivity contribution in [2.45, 2.75) is 50.5 Å². The third kappa shape index (κ3) is 6.70. The number of hydrogen-bond acceptors (Lipinski definition) is 8. The topological polar surface area (TPSA) is 151 Å². The highest BCUT2D eigenvalue weighted by molar-refractivity contribution is 5.70. The second-order valence-corrected chi connectivity index (χ2v) is 5.99. The largest absolute Gasteiger partial charge is 0.481 e. The van der Waals surface area contributed by atoms with Gasteiger partial charge in [0.05, 0.1) is 6.54 Å². The van der Waals surface area contributed by atoms with Gasteiger partial charge in [-0.25, -0.2) is 0 Å². The van der Waals surface area contributed by atoms with Crippen LogP contribution in [0.4, 0.5) is 0 Å². The first kappa shape index (κ1) is 22.7. The average molecular weight is 348 g/mol. The third-order valence-corrected chi connectivity index (χ3v) is 3.94. The van der Waals surface area contributed by atoms with Gasteiger partial charge in [0, 0.05) is 25.9 Å². The molecule has 2 unspecified atom stereocenters. The Morgan fingerprint density at radius 1 is 1.25 bits per heavy atom. The maximum Gasteiger partial charge on any atom is 0.307 e. The summed E-state index contributed by atoms with van der Waals surface area (Å²) in [5.74, 6) is -1.48. The molecule has 0 bridgehead atoms. The van der Waals surface area contributed by atoms with Crippen LogP contribution in [-0.4, -0.2) is 72.2 Å². The molecule has 2 atom stereocenters. The summed E-state index contributed by atoms with van der Waals surface area (Å²) in [6, 6.07) is 0. The summed E-state index contributed by atoms with van der Waals surface area (Å²) < 4.78 is 5.41. The lowest BCUT2D eigenvalue weighted by Crippen LogP contribution is -2.72. The quantitative estimate of drug-likeness (QED) is 0.161. The third-order valence-electron chi connectivity index (χ3n) is 3.94. The number of unbranched alkanes of at least 4 members (excludes halogenated alkanes) is 1. The van der Waals surface area contributed by atoms with E-state index < -0.39 is 23.4 Å². The van der Waals surface area contributed by atoms with E-state index in [1.165, 1.54) is 4.90 Å². The van der Waals surface area contributed by atoms with E-state index in [4.69, 9.17) is 21.3 Å². The van der Waals surface area contributed by atoms with Gasteiger partial charge < -0.3 is 26.0 Å². The minimum atomic E-state index is -1.66. The summed E-state index contributed by atoms with van der Waals surface area (Å²) in [7, 11) is 3.30. The van der Waals surface area contributed by atoms with Crippen LogP contribution in [0.15, 0.2) is 0 Å². The number of aliphatic hydroxyl groups is 1. The molecule has 0 spiro atoms. The Morgan fingerprint density at radius 2 is 1.83 bits per heavy atom. The number of hydrogen-bond donors (Lipinski definition) is 5. The Labute approximate surface area is 143 Å². The number of nitrogens with two attached hydrogens (primary N) is 2. The lowest BCUT2D eigenvalue weighted by Gasteiger charge is -2.47. The van der Waals surface area contributed by atoms with E-state index >= 15 is 0 Å². The molecule has 0 heterocycles. The molecule has 0 rings (SSSR count). The molecule has 0 aliphatic heterocycles. The van der Waals surface area contributed by atoms with Crippen LogP contribution >= 0.6 is 0 Å². The Morgan fingerprint density at radius 3 is 2.29 bits per heavy atom. The number of aliphatic carboxylic acids is 1. The number of likely N-dealkylation sites (N-methyl/N-ethyl adjacent to an activating group) is 1. The summed E-state index contributed by atoms with van der Waals surface area (Å²) in [5, 5.41) is 22.4. The van der Waals surface area contributed by atoms with E-state index in [1.807, 2.05) is 0 Å². The van der Waals surface area contributed by atoms with Crippen LogP contribution in [0.3, 0.4) is 0 Å². The summed E-state index contributed by atoms with van der Waals surface area (Å²) in [6.45, 7) is 2.62. The van der Waals surface area contributed by atoms with Gasteiger partial charge in [-0.1, -0.05) is 6.92 Å². The zero-order valence-corrected chi connectivity index (χ0v) is 14.9. The van der Waals surface area contributed by atoms with Crippen LogP contribution < -0.4 is 16.8 Å². The number of nitrogens with one attached hydrogen (secondary N) is 1. The van der Waals surface area contributed by atoms with Crippen molar-refractivity contribution < 1.29 is 24.5 Å². The molecule has 24 heavy (non-hydrogen) atoms. The van der Waals surface area contributed by atoms with Gasteiger partial charge in [0.2, 0.25) is 5.72 Å². The maximum absolute atomic E-state index is 12.1. The average Bonchev–Trinajstić information content (AvgIpc) is 2.50. The number of rotatable bonds is 13. The molecule has 0 aliphatic carbocycles. The zero-order valence-electron chi connectivity index (χ0n) is 14.9. The molecule has 0 radical (unpaired) electrons. The van der Waals surface area contributed by atoms with Crippen molar-refractivity contribution >= 4 is 11.9 Å². The molecule has 0 amide bonds. The predicted octanol–water partition coefficient (Wildman–Crippen LogP) is -0.962. The smallest absolute Gasteiger partial charge is 0.307 e. The molecular weight excluding hydrogens is 316 g/mol. The van der Waals surface area contributed by atoms with Gasteiger partial charge in [-0.05, 0) is 33.4 Å². The van der Waals surface area contributed by atoms with Gasteiger partial charge in [-0.2, -0.15) is 0 Å². The minimum Gasteiger partial charge on any atom is -0.481 e. The van der Waals surface area contributed by atoms with Crippen LogP contribution in [0.5, 0.6) is 0 Å². The molecule has 0 aliphatic rings. The van der Waals surface area contributed by atoms with Crippen molar-refractivity contribution in [3.8, 4) is 0 Å². The molecule has 0 fully saturated rings. The van der Waals surface area contributed by atoms with Crippen molar-refractivity contribution in [2.75, 3.05) is 33.7 Å². The van der Waals surface area contributed by atoms with Gasteiger partial charge >= 0.3 is 11.9 Å². The fraction of sp³-hybridized carbons (Fsp3) is 0.867. The van der Waals surface area contributed by atoms with Crippen LogP contribution in [0.2, 0.25) is 0 Å². The first-order chi connectivity index (χ1) is 11.1. The first-order valence-corrected chi connectivity index (χ1v) is 8.16. The highest BCUT2D eigenvalue weighted by Crippen LogP contribution is 2.27. The summed E-state index contributed by atoms with van der Waals surface area (Å²) in [4.78, 5) is 24.1. The molecule has 9 heteroatoms. The minimum absolute atomic E-state index is 0.00427. The number of nitrogens with zero attached hydrogens (tertiary/aromatic N) is 1. The maximum atomic E-state index is 12.1. The number of esters is 1. The number of carboxylic acid groups (broad SMARTS) is 1. The molecule has 0 saturated carbocycles. The van der Waals surface area contributed by atoms with Crippen LogP contribution in [-0.2, 0) is 14.3 Å². The van der Waals surface area contributed by atoms with Gasteiger partial charge in [-0.15, -0.1) is 0 Å². The normalized spacial score (nSPS) is 16.5. The zero-order chi connectivity index (χ0) is 18.8. The van der Waals surface area contributed by atoms with Crippen molar-refractivity contribution in [3.05, 3.63) is 0 Å². The van der Waals surface area contributed by atoms with E-state index in [0.717, 1.165) is 0 Å². The van der Waals surface area contributed by atoms with Crippen molar-refractivity contribution in [3.63, 3.8) is 0 Å². The van der Waals surface area contributed by atoms with E-state index in [0.29, 0.717) is 25.9 Å². The van der Waals surface area contributed by atoms with E-state index in [2.05, 4.69) is 5.32 Å². The van der Waals surface area contributed by atoms with Crippen LogP contribution in [0.25, 0.3) is 0 Å². The molecule has 0 aromatic carbocycles. The fourth-order valence-electron chi connectivity index (χ4n) is 2.43. The van der Waals surface area contributed by atoms with Crippen molar-refractivity contribution in [2.24, 2.45) is 11.5 Å². The van der Waals surface area contributed by atoms with Gasteiger partial charge in [-0.3, -0.25) is 20.2 Å².